The van der Waals surface area contributed by atoms with E-state index in [4.69, 9.17) is 14.2 Å². The molecule has 11 nitrogen and oxygen atoms in total. The number of carbonyl (C=O) groups excluding carboxylic acids is 1. The van der Waals surface area contributed by atoms with Crippen molar-refractivity contribution >= 4 is 5.91 Å². The van der Waals surface area contributed by atoms with E-state index >= 15 is 0 Å². The molecule has 1 amide bonds. The lowest BCUT2D eigenvalue weighted by Gasteiger charge is -2.46. The lowest BCUT2D eigenvalue weighted by Crippen LogP contribution is -2.59. The molecule has 0 aromatic rings. The maximum atomic E-state index is 13.2. The number of hydrogen-bond donors (Lipinski definition) is 6. The summed E-state index contributed by atoms with van der Waals surface area (Å²) < 4.78 is 18.4. The van der Waals surface area contributed by atoms with Gasteiger partial charge in [0.1, 0.15) is 17.8 Å². The Morgan fingerprint density at radius 3 is 2.20 bits per heavy atom. The van der Waals surface area contributed by atoms with Crippen molar-refractivity contribution in [2.75, 3.05) is 20.7 Å². The highest BCUT2D eigenvalue weighted by molar-refractivity contribution is 5.78. The Balaban J connectivity index is 2.47. The lowest BCUT2D eigenvalue weighted by atomic mass is 9.78. The van der Waals surface area contributed by atoms with Crippen LogP contribution in [0.3, 0.4) is 0 Å². The van der Waals surface area contributed by atoms with Crippen LogP contribution in [0.25, 0.3) is 0 Å². The first kappa shape index (κ1) is 35.3. The Bertz CT molecular complexity index is 810. The minimum Gasteiger partial charge on any atom is -0.392 e. The number of aliphatic hydroxyl groups is 5. The van der Waals surface area contributed by atoms with Gasteiger partial charge in [-0.1, -0.05) is 27.7 Å². The van der Waals surface area contributed by atoms with Gasteiger partial charge in [-0.15, -0.1) is 0 Å². The van der Waals surface area contributed by atoms with Gasteiger partial charge < -0.3 is 50.0 Å². The molecule has 236 valence electrons. The Morgan fingerprint density at radius 2 is 1.65 bits per heavy atom. The fourth-order valence-electron chi connectivity index (χ4n) is 6.37. The van der Waals surface area contributed by atoms with E-state index in [2.05, 4.69) is 5.32 Å². The van der Waals surface area contributed by atoms with Gasteiger partial charge in [-0.3, -0.25) is 4.79 Å². The summed E-state index contributed by atoms with van der Waals surface area (Å²) in [6.45, 7) is 13.7. The maximum absolute atomic E-state index is 13.2. The average molecular weight is 577 g/mol. The second-order valence-electron chi connectivity index (χ2n) is 13.1. The summed E-state index contributed by atoms with van der Waals surface area (Å²) in [5, 5.41) is 59.3. The van der Waals surface area contributed by atoms with E-state index in [0.29, 0.717) is 12.8 Å². The van der Waals surface area contributed by atoms with Gasteiger partial charge in [0.2, 0.25) is 5.91 Å². The highest BCUT2D eigenvalue weighted by Gasteiger charge is 2.48. The van der Waals surface area contributed by atoms with Crippen LogP contribution in [0.4, 0.5) is 0 Å². The van der Waals surface area contributed by atoms with E-state index < -0.39 is 77.7 Å². The molecule has 0 bridgehead atoms. The van der Waals surface area contributed by atoms with Gasteiger partial charge >= 0.3 is 0 Å². The molecule has 2 fully saturated rings. The first-order valence-electron chi connectivity index (χ1n) is 14.7. The summed E-state index contributed by atoms with van der Waals surface area (Å²) in [5.74, 6) is -2.23. The van der Waals surface area contributed by atoms with E-state index in [1.165, 1.54) is 6.92 Å². The van der Waals surface area contributed by atoms with Crippen LogP contribution in [0.5, 0.6) is 0 Å². The second kappa shape index (κ2) is 14.1. The molecule has 0 aromatic heterocycles. The lowest BCUT2D eigenvalue weighted by molar-refractivity contribution is -0.299. The summed E-state index contributed by atoms with van der Waals surface area (Å²) in [4.78, 5) is 15.1. The van der Waals surface area contributed by atoms with Crippen molar-refractivity contribution in [3.05, 3.63) is 0 Å². The maximum Gasteiger partial charge on any atom is 0.223 e. The van der Waals surface area contributed by atoms with E-state index in [0.717, 1.165) is 0 Å². The molecule has 2 aliphatic rings. The molecule has 6 N–H and O–H groups in total. The minimum atomic E-state index is -1.67. The van der Waals surface area contributed by atoms with Gasteiger partial charge in [0.25, 0.3) is 0 Å². The quantitative estimate of drug-likeness (QED) is 0.280. The van der Waals surface area contributed by atoms with Crippen molar-refractivity contribution in [2.45, 2.75) is 141 Å². The normalized spacial score (nSPS) is 48.8. The van der Waals surface area contributed by atoms with Gasteiger partial charge in [-0.2, -0.15) is 0 Å². The van der Waals surface area contributed by atoms with E-state index in [1.54, 1.807) is 34.6 Å². The first-order valence-corrected chi connectivity index (χ1v) is 14.7. The molecule has 2 heterocycles. The molecule has 2 saturated heterocycles. The molecule has 0 saturated carbocycles. The highest BCUT2D eigenvalue weighted by atomic mass is 16.7. The van der Waals surface area contributed by atoms with Crippen molar-refractivity contribution < 1.29 is 44.5 Å². The number of nitrogens with one attached hydrogen (secondary N) is 1. The number of hydrogen-bond acceptors (Lipinski definition) is 10. The average Bonchev–Trinajstić information content (AvgIpc) is 2.86. The number of carbonyl (C=O) groups is 1. The second-order valence-corrected chi connectivity index (χ2v) is 13.1. The summed E-state index contributed by atoms with van der Waals surface area (Å²) in [6, 6.07) is -1.04. The third-order valence-electron chi connectivity index (χ3n) is 8.96. The van der Waals surface area contributed by atoms with Crippen LogP contribution < -0.4 is 5.32 Å². The number of likely N-dealkylation sites (N-methyl/N-ethyl adjacent to an activating group) is 1. The fourth-order valence-corrected chi connectivity index (χ4v) is 6.37. The summed E-state index contributed by atoms with van der Waals surface area (Å²) in [6.07, 6.45) is -5.44. The number of aliphatic hydroxyl groups excluding tert-OH is 3. The van der Waals surface area contributed by atoms with Crippen LogP contribution >= 0.6 is 0 Å². The zero-order valence-corrected chi connectivity index (χ0v) is 26.1. The van der Waals surface area contributed by atoms with Crippen LogP contribution in [0, 0.1) is 17.8 Å². The molecule has 11 heteroatoms. The van der Waals surface area contributed by atoms with Gasteiger partial charge in [-0.05, 0) is 61.1 Å². The smallest absolute Gasteiger partial charge is 0.223 e. The predicted molar refractivity (Wildman–Crippen MR) is 150 cm³/mol. The number of rotatable bonds is 4. The molecular weight excluding hydrogens is 520 g/mol. The third kappa shape index (κ3) is 8.14. The van der Waals surface area contributed by atoms with Crippen LogP contribution in [0.2, 0.25) is 0 Å². The SMILES string of the molecule is CC[C@H]1OC[C@@H](C)[C@H](O)[C@H](C)[C@@H](O[C@@H]2O[C@H](C)C[C@H](N(C)C)[C@H]2O)[C@](C)(O)C[C@@H](C)C(=O)N[C@H](C)[C@@H](O)[C@]1(C)O. The van der Waals surface area contributed by atoms with Crippen LogP contribution in [0.15, 0.2) is 0 Å². The zero-order valence-electron chi connectivity index (χ0n) is 26.1. The van der Waals surface area contributed by atoms with Crippen molar-refractivity contribution in [3.8, 4) is 0 Å². The van der Waals surface area contributed by atoms with E-state index in [1.807, 2.05) is 32.8 Å². The number of ether oxygens (including phenoxy) is 3. The topological polar surface area (TPSA) is 161 Å². The molecule has 40 heavy (non-hydrogen) atoms. The fraction of sp³-hybridized carbons (Fsp3) is 0.966. The standard InChI is InChI=1S/C29H56N2O9/c1-11-21-29(8,37)24(34)19(6)30-26(35)15(2)13-28(7,36)25(18(5)22(32)16(3)14-38-21)40-27-23(33)20(31(9)10)12-17(4)39-27/h15-25,27,32-34,36-37H,11-14H2,1-10H3,(H,30,35)/t15-,16-,17-,18+,19-,20+,21-,22+,23-,24-,25-,27+,28-,29-/m1/s1. The predicted octanol–water partition coefficient (Wildman–Crippen LogP) is 0.633. The zero-order chi connectivity index (χ0) is 30.7. The van der Waals surface area contributed by atoms with Crippen molar-refractivity contribution in [2.24, 2.45) is 17.8 Å². The molecule has 2 rings (SSSR count). The van der Waals surface area contributed by atoms with E-state index in [-0.39, 0.29) is 25.2 Å². The van der Waals surface area contributed by atoms with Gasteiger partial charge in [-0.25, -0.2) is 0 Å². The Morgan fingerprint density at radius 1 is 1.05 bits per heavy atom. The Hall–Kier alpha value is -0.890. The number of amides is 1. The third-order valence-corrected chi connectivity index (χ3v) is 8.96. The van der Waals surface area contributed by atoms with Crippen LogP contribution in [0.1, 0.15) is 74.7 Å². The molecule has 14 atom stereocenters. The first-order chi connectivity index (χ1) is 18.3. The summed E-state index contributed by atoms with van der Waals surface area (Å²) in [5.41, 5.74) is -3.29. The monoisotopic (exact) mass is 576 g/mol. The largest absolute Gasteiger partial charge is 0.392 e. The van der Waals surface area contributed by atoms with Crippen LogP contribution in [-0.2, 0) is 19.0 Å². The highest BCUT2D eigenvalue weighted by Crippen LogP contribution is 2.36. The van der Waals surface area contributed by atoms with E-state index in [9.17, 15) is 30.3 Å². The molecule has 2 aliphatic heterocycles. The Kier molecular flexibility index (Phi) is 12.4. The van der Waals surface area contributed by atoms with Crippen molar-refractivity contribution in [1.82, 2.24) is 10.2 Å². The van der Waals surface area contributed by atoms with Crippen LogP contribution in [-0.4, -0.2) is 123 Å². The van der Waals surface area contributed by atoms with Gasteiger partial charge in [0.15, 0.2) is 6.29 Å². The summed E-state index contributed by atoms with van der Waals surface area (Å²) >= 11 is 0. The Labute approximate surface area is 240 Å². The van der Waals surface area contributed by atoms with Gasteiger partial charge in [0, 0.05) is 23.8 Å². The molecular formula is C29H56N2O9. The van der Waals surface area contributed by atoms with Crippen molar-refractivity contribution in [3.63, 3.8) is 0 Å². The minimum absolute atomic E-state index is 0.0300. The molecule has 0 aliphatic carbocycles. The summed E-state index contributed by atoms with van der Waals surface area (Å²) in [7, 11) is 3.74. The van der Waals surface area contributed by atoms with Crippen molar-refractivity contribution in [1.29, 1.82) is 0 Å². The molecule has 0 spiro atoms. The van der Waals surface area contributed by atoms with Gasteiger partial charge in [0.05, 0.1) is 42.7 Å². The molecule has 0 unspecified atom stereocenters. The molecule has 0 aromatic carbocycles. The molecule has 0 radical (unpaired) electrons. The number of nitrogens with zero attached hydrogens (tertiary/aromatic N) is 1.